The molecule has 0 aromatic rings. The summed E-state index contributed by atoms with van der Waals surface area (Å²) in [6.45, 7) is 5.24. The SMILES string of the molecule is CC(C)(C)OC(=O)NC1([C@H](N)C(=O)O)CCC1. The fourth-order valence-electron chi connectivity index (χ4n) is 1.81. The lowest BCUT2D eigenvalue weighted by Gasteiger charge is -2.44. The molecule has 98 valence electrons. The lowest BCUT2D eigenvalue weighted by atomic mass is 9.71. The molecule has 0 spiro atoms. The number of ether oxygens (including phenoxy) is 1. The van der Waals surface area contributed by atoms with E-state index in [0.29, 0.717) is 12.8 Å². The van der Waals surface area contributed by atoms with Gasteiger partial charge in [0, 0.05) is 0 Å². The van der Waals surface area contributed by atoms with E-state index in [4.69, 9.17) is 15.6 Å². The molecule has 0 aromatic carbocycles. The third kappa shape index (κ3) is 3.33. The van der Waals surface area contributed by atoms with Crippen LogP contribution in [0.15, 0.2) is 0 Å². The molecule has 0 aliphatic heterocycles. The van der Waals surface area contributed by atoms with E-state index in [9.17, 15) is 9.59 Å². The van der Waals surface area contributed by atoms with Crippen molar-refractivity contribution in [2.24, 2.45) is 5.73 Å². The van der Waals surface area contributed by atoms with Crippen LogP contribution >= 0.6 is 0 Å². The van der Waals surface area contributed by atoms with Crippen molar-refractivity contribution < 1.29 is 19.4 Å². The van der Waals surface area contributed by atoms with Crippen LogP contribution < -0.4 is 11.1 Å². The smallest absolute Gasteiger partial charge is 0.408 e. The van der Waals surface area contributed by atoms with Gasteiger partial charge in [-0.2, -0.15) is 0 Å². The number of alkyl carbamates (subject to hydrolysis) is 1. The highest BCUT2D eigenvalue weighted by atomic mass is 16.6. The molecule has 1 rings (SSSR count). The average molecular weight is 244 g/mol. The van der Waals surface area contributed by atoms with Gasteiger partial charge in [0.1, 0.15) is 11.6 Å². The first-order valence-corrected chi connectivity index (χ1v) is 5.66. The van der Waals surface area contributed by atoms with Gasteiger partial charge in [-0.15, -0.1) is 0 Å². The summed E-state index contributed by atoms with van der Waals surface area (Å²) >= 11 is 0. The molecule has 0 bridgehead atoms. The quantitative estimate of drug-likeness (QED) is 0.683. The predicted molar refractivity (Wildman–Crippen MR) is 61.6 cm³/mol. The Kier molecular flexibility index (Phi) is 3.66. The van der Waals surface area contributed by atoms with Crippen LogP contribution in [0.25, 0.3) is 0 Å². The molecule has 0 heterocycles. The van der Waals surface area contributed by atoms with Gasteiger partial charge in [0.15, 0.2) is 0 Å². The topological polar surface area (TPSA) is 102 Å². The number of rotatable bonds is 3. The third-order valence-corrected chi connectivity index (χ3v) is 2.86. The Morgan fingerprint density at radius 3 is 2.24 bits per heavy atom. The molecule has 0 radical (unpaired) electrons. The summed E-state index contributed by atoms with van der Waals surface area (Å²) in [4.78, 5) is 22.5. The summed E-state index contributed by atoms with van der Waals surface area (Å²) in [5.74, 6) is -1.11. The van der Waals surface area contributed by atoms with Crippen LogP contribution in [-0.4, -0.2) is 34.4 Å². The fourth-order valence-corrected chi connectivity index (χ4v) is 1.81. The largest absolute Gasteiger partial charge is 0.480 e. The van der Waals surface area contributed by atoms with Gasteiger partial charge in [-0.05, 0) is 40.0 Å². The van der Waals surface area contributed by atoms with Gasteiger partial charge in [-0.1, -0.05) is 0 Å². The maximum absolute atomic E-state index is 11.6. The van der Waals surface area contributed by atoms with Gasteiger partial charge >= 0.3 is 12.1 Å². The molecule has 0 saturated heterocycles. The van der Waals surface area contributed by atoms with Crippen molar-refractivity contribution in [1.82, 2.24) is 5.32 Å². The molecule has 1 aliphatic rings. The molecule has 17 heavy (non-hydrogen) atoms. The number of amides is 1. The standard InChI is InChI=1S/C11H20N2O4/c1-10(2,3)17-9(16)13-11(5-4-6-11)7(12)8(14)15/h7H,4-6,12H2,1-3H3,(H,13,16)(H,14,15)/t7-/m1/s1. The molecular weight excluding hydrogens is 224 g/mol. The Balaban J connectivity index is 2.64. The molecule has 4 N–H and O–H groups in total. The Bertz CT molecular complexity index is 318. The zero-order chi connectivity index (χ0) is 13.3. The summed E-state index contributed by atoms with van der Waals surface area (Å²) in [6.07, 6.45) is 1.38. The molecular formula is C11H20N2O4. The number of hydrogen-bond acceptors (Lipinski definition) is 4. The van der Waals surface area contributed by atoms with E-state index in [1.807, 2.05) is 0 Å². The van der Waals surface area contributed by atoms with Crippen LogP contribution in [0.5, 0.6) is 0 Å². The highest BCUT2D eigenvalue weighted by Crippen LogP contribution is 2.34. The average Bonchev–Trinajstić information content (AvgIpc) is 2.07. The molecule has 1 amide bonds. The minimum absolute atomic E-state index is 0.569. The van der Waals surface area contributed by atoms with Gasteiger partial charge in [0.2, 0.25) is 0 Å². The van der Waals surface area contributed by atoms with E-state index in [2.05, 4.69) is 5.32 Å². The number of carboxylic acids is 1. The van der Waals surface area contributed by atoms with E-state index >= 15 is 0 Å². The van der Waals surface area contributed by atoms with Crippen molar-refractivity contribution in [3.63, 3.8) is 0 Å². The zero-order valence-corrected chi connectivity index (χ0v) is 10.4. The number of carbonyl (C=O) groups is 2. The van der Waals surface area contributed by atoms with Crippen LogP contribution in [0.3, 0.4) is 0 Å². The van der Waals surface area contributed by atoms with Crippen molar-refractivity contribution in [2.75, 3.05) is 0 Å². The van der Waals surface area contributed by atoms with E-state index in [0.717, 1.165) is 6.42 Å². The first-order chi connectivity index (χ1) is 7.66. The maximum Gasteiger partial charge on any atom is 0.408 e. The summed E-state index contributed by atoms with van der Waals surface area (Å²) in [7, 11) is 0. The van der Waals surface area contributed by atoms with Crippen molar-refractivity contribution in [3.05, 3.63) is 0 Å². The number of nitrogens with two attached hydrogens (primary N) is 1. The molecule has 1 saturated carbocycles. The van der Waals surface area contributed by atoms with E-state index in [-0.39, 0.29) is 0 Å². The van der Waals surface area contributed by atoms with Crippen molar-refractivity contribution in [2.45, 2.75) is 57.2 Å². The van der Waals surface area contributed by atoms with Gasteiger partial charge < -0.3 is 20.9 Å². The van der Waals surface area contributed by atoms with Gasteiger partial charge in [0.05, 0.1) is 5.54 Å². The minimum atomic E-state index is -1.11. The van der Waals surface area contributed by atoms with Crippen molar-refractivity contribution >= 4 is 12.1 Å². The van der Waals surface area contributed by atoms with Crippen LogP contribution in [0, 0.1) is 0 Å². The second-order valence-corrected chi connectivity index (χ2v) is 5.45. The third-order valence-electron chi connectivity index (χ3n) is 2.86. The van der Waals surface area contributed by atoms with Gasteiger partial charge in [-0.3, -0.25) is 4.79 Å². The van der Waals surface area contributed by atoms with Crippen LogP contribution in [0.1, 0.15) is 40.0 Å². The van der Waals surface area contributed by atoms with Gasteiger partial charge in [0.25, 0.3) is 0 Å². The first kappa shape index (κ1) is 13.8. The summed E-state index contributed by atoms with van der Waals surface area (Å²) in [6, 6.07) is -1.09. The number of carbonyl (C=O) groups excluding carboxylic acids is 1. The Labute approximate surface area is 101 Å². The second-order valence-electron chi connectivity index (χ2n) is 5.45. The number of hydrogen-bond donors (Lipinski definition) is 3. The predicted octanol–water partition coefficient (Wildman–Crippen LogP) is 0.846. The molecule has 6 nitrogen and oxygen atoms in total. The first-order valence-electron chi connectivity index (χ1n) is 5.66. The van der Waals surface area contributed by atoms with E-state index < -0.39 is 29.2 Å². The second kappa shape index (κ2) is 4.52. The Hall–Kier alpha value is -1.30. The molecule has 6 heteroatoms. The zero-order valence-electron chi connectivity index (χ0n) is 10.4. The Morgan fingerprint density at radius 1 is 1.41 bits per heavy atom. The molecule has 0 unspecified atom stereocenters. The van der Waals surface area contributed by atoms with E-state index in [1.165, 1.54) is 0 Å². The van der Waals surface area contributed by atoms with Crippen LogP contribution in [0.4, 0.5) is 4.79 Å². The monoisotopic (exact) mass is 244 g/mol. The minimum Gasteiger partial charge on any atom is -0.480 e. The highest BCUT2D eigenvalue weighted by molar-refractivity contribution is 5.78. The lowest BCUT2D eigenvalue weighted by Crippen LogP contribution is -2.66. The fraction of sp³-hybridized carbons (Fsp3) is 0.818. The maximum atomic E-state index is 11.6. The summed E-state index contributed by atoms with van der Waals surface area (Å²) in [5, 5.41) is 11.5. The molecule has 1 atom stereocenters. The van der Waals surface area contributed by atoms with Crippen LogP contribution in [0.2, 0.25) is 0 Å². The Morgan fingerprint density at radius 2 is 1.94 bits per heavy atom. The summed E-state index contributed by atoms with van der Waals surface area (Å²) < 4.78 is 5.10. The number of carboxylic acid groups (broad SMARTS) is 1. The van der Waals surface area contributed by atoms with Gasteiger partial charge in [-0.25, -0.2) is 4.79 Å². The highest BCUT2D eigenvalue weighted by Gasteiger charge is 2.47. The molecule has 1 aliphatic carbocycles. The molecule has 1 fully saturated rings. The lowest BCUT2D eigenvalue weighted by molar-refractivity contribution is -0.141. The normalized spacial score (nSPS) is 20.0. The summed E-state index contributed by atoms with van der Waals surface area (Å²) in [5.41, 5.74) is 4.14. The van der Waals surface area contributed by atoms with E-state index in [1.54, 1.807) is 20.8 Å². The van der Waals surface area contributed by atoms with Crippen LogP contribution in [-0.2, 0) is 9.53 Å². The molecule has 0 aromatic heterocycles. The van der Waals surface area contributed by atoms with Crippen molar-refractivity contribution in [3.8, 4) is 0 Å². The number of aliphatic carboxylic acids is 1. The number of nitrogens with one attached hydrogen (secondary N) is 1. The van der Waals surface area contributed by atoms with Crippen molar-refractivity contribution in [1.29, 1.82) is 0 Å².